The number of nitrogens with one attached hydrogen (secondary N) is 1. The average molecular weight is 386 g/mol. The number of benzene rings is 1. The molecule has 0 aromatic heterocycles. The van der Waals surface area contributed by atoms with Crippen LogP contribution in [0.1, 0.15) is 50.5 Å². The second-order valence-corrected chi connectivity index (χ2v) is 8.47. The minimum absolute atomic E-state index is 0.268. The third-order valence-corrected chi connectivity index (χ3v) is 6.36. The highest BCUT2D eigenvalue weighted by atomic mass is 16.2. The fraction of sp³-hybridized carbons (Fsp3) is 0.652. The van der Waals surface area contributed by atoms with Crippen LogP contribution in [-0.2, 0) is 11.2 Å². The van der Waals surface area contributed by atoms with Crippen LogP contribution < -0.4 is 5.32 Å². The minimum atomic E-state index is -0.268. The van der Waals surface area contributed by atoms with Crippen molar-refractivity contribution in [2.24, 2.45) is 11.8 Å². The number of carbonyl (C=O) groups excluding carboxylic acids is 2. The van der Waals surface area contributed by atoms with Crippen LogP contribution in [0.2, 0.25) is 0 Å². The van der Waals surface area contributed by atoms with E-state index in [9.17, 15) is 9.59 Å². The van der Waals surface area contributed by atoms with Crippen molar-refractivity contribution in [1.29, 1.82) is 0 Å². The number of piperidine rings is 1. The summed E-state index contributed by atoms with van der Waals surface area (Å²) >= 11 is 0. The SMILES string of the molecule is O=CN(CCc1ccccc1)C(=O)NCC1CCN(CC2CCCCC2)CC1. The zero-order chi connectivity index (χ0) is 19.6. The number of imide groups is 1. The van der Waals surface area contributed by atoms with Crippen molar-refractivity contribution in [1.82, 2.24) is 15.1 Å². The molecule has 1 aliphatic carbocycles. The molecule has 3 amide bonds. The lowest BCUT2D eigenvalue weighted by atomic mass is 9.88. The molecule has 1 aromatic rings. The molecule has 0 spiro atoms. The lowest BCUT2D eigenvalue weighted by Crippen LogP contribution is -2.44. The van der Waals surface area contributed by atoms with Crippen LogP contribution >= 0.6 is 0 Å². The molecule has 2 aliphatic rings. The van der Waals surface area contributed by atoms with Crippen LogP contribution in [0.25, 0.3) is 0 Å². The summed E-state index contributed by atoms with van der Waals surface area (Å²) in [6.07, 6.45) is 10.6. The van der Waals surface area contributed by atoms with Crippen LogP contribution in [-0.4, -0.2) is 55.0 Å². The molecule has 0 radical (unpaired) electrons. The smallest absolute Gasteiger partial charge is 0.323 e. The first-order valence-electron chi connectivity index (χ1n) is 11.0. The molecule has 1 heterocycles. The normalized spacial score (nSPS) is 19.3. The number of nitrogens with zero attached hydrogens (tertiary/aromatic N) is 2. The third-order valence-electron chi connectivity index (χ3n) is 6.36. The van der Waals surface area contributed by atoms with Crippen molar-refractivity contribution in [3.05, 3.63) is 35.9 Å². The number of likely N-dealkylation sites (tertiary alicyclic amines) is 1. The first-order chi connectivity index (χ1) is 13.7. The summed E-state index contributed by atoms with van der Waals surface area (Å²) in [4.78, 5) is 27.5. The fourth-order valence-corrected chi connectivity index (χ4v) is 4.54. The summed E-state index contributed by atoms with van der Waals surface area (Å²) < 4.78 is 0. The first-order valence-corrected chi connectivity index (χ1v) is 11.0. The molecule has 1 saturated carbocycles. The lowest BCUT2D eigenvalue weighted by Gasteiger charge is -2.35. The van der Waals surface area contributed by atoms with E-state index in [0.29, 0.717) is 31.8 Å². The standard InChI is InChI=1S/C23H35N3O2/c27-19-26(16-13-20-7-3-1-4-8-20)23(28)24-17-21-11-14-25(15-12-21)18-22-9-5-2-6-10-22/h1,3-4,7-8,19,21-22H,2,5-6,9-18H2,(H,24,28). The average Bonchev–Trinajstić information content (AvgIpc) is 2.75. The van der Waals surface area contributed by atoms with Gasteiger partial charge in [0.25, 0.3) is 0 Å². The summed E-state index contributed by atoms with van der Waals surface area (Å²) in [6.45, 7) is 4.63. The molecule has 5 nitrogen and oxygen atoms in total. The van der Waals surface area contributed by atoms with Crippen LogP contribution in [0.3, 0.4) is 0 Å². The molecule has 1 N–H and O–H groups in total. The van der Waals surface area contributed by atoms with E-state index in [-0.39, 0.29) is 6.03 Å². The predicted octanol–water partition coefficient (Wildman–Crippen LogP) is 3.69. The van der Waals surface area contributed by atoms with Crippen molar-refractivity contribution < 1.29 is 9.59 Å². The number of rotatable bonds is 8. The van der Waals surface area contributed by atoms with Crippen molar-refractivity contribution in [3.63, 3.8) is 0 Å². The molecular formula is C23H35N3O2. The quantitative estimate of drug-likeness (QED) is 0.695. The molecule has 5 heteroatoms. The zero-order valence-corrected chi connectivity index (χ0v) is 17.0. The number of hydrogen-bond acceptors (Lipinski definition) is 3. The monoisotopic (exact) mass is 385 g/mol. The van der Waals surface area contributed by atoms with Gasteiger partial charge in [-0.1, -0.05) is 49.6 Å². The van der Waals surface area contributed by atoms with Gasteiger partial charge in [0, 0.05) is 19.6 Å². The molecule has 154 valence electrons. The Hall–Kier alpha value is -1.88. The summed E-state index contributed by atoms with van der Waals surface area (Å²) in [5, 5.41) is 2.97. The Bertz CT molecular complexity index is 593. The molecule has 3 rings (SSSR count). The molecule has 1 aromatic carbocycles. The molecule has 0 atom stereocenters. The topological polar surface area (TPSA) is 52.7 Å². The van der Waals surface area contributed by atoms with Gasteiger partial charge in [0.1, 0.15) is 0 Å². The van der Waals surface area contributed by atoms with Crippen molar-refractivity contribution in [2.45, 2.75) is 51.4 Å². The van der Waals surface area contributed by atoms with Crippen LogP contribution in [0.15, 0.2) is 30.3 Å². The molecule has 1 saturated heterocycles. The van der Waals surface area contributed by atoms with Gasteiger partial charge in [-0.05, 0) is 62.6 Å². The predicted molar refractivity (Wildman–Crippen MR) is 112 cm³/mol. The van der Waals surface area contributed by atoms with Gasteiger partial charge in [0.2, 0.25) is 6.41 Å². The van der Waals surface area contributed by atoms with Crippen molar-refractivity contribution in [3.8, 4) is 0 Å². The molecule has 28 heavy (non-hydrogen) atoms. The lowest BCUT2D eigenvalue weighted by molar-refractivity contribution is -0.115. The minimum Gasteiger partial charge on any atom is -0.337 e. The van der Waals surface area contributed by atoms with Crippen molar-refractivity contribution >= 4 is 12.4 Å². The summed E-state index contributed by atoms with van der Waals surface area (Å²) in [6, 6.07) is 9.68. The van der Waals surface area contributed by atoms with Gasteiger partial charge in [0.05, 0.1) is 0 Å². The molecule has 0 unspecified atom stereocenters. The highest BCUT2D eigenvalue weighted by Crippen LogP contribution is 2.26. The van der Waals surface area contributed by atoms with Gasteiger partial charge in [-0.3, -0.25) is 9.69 Å². The molecular weight excluding hydrogens is 350 g/mol. The zero-order valence-electron chi connectivity index (χ0n) is 17.0. The largest absolute Gasteiger partial charge is 0.337 e. The molecule has 1 aliphatic heterocycles. The summed E-state index contributed by atoms with van der Waals surface area (Å²) in [5.74, 6) is 1.42. The Balaban J connectivity index is 1.33. The van der Waals surface area contributed by atoms with E-state index in [1.807, 2.05) is 30.3 Å². The number of amides is 3. The maximum Gasteiger partial charge on any atom is 0.323 e. The summed E-state index contributed by atoms with van der Waals surface area (Å²) in [5.41, 5.74) is 1.13. The van der Waals surface area contributed by atoms with E-state index in [0.717, 1.165) is 37.4 Å². The van der Waals surface area contributed by atoms with Crippen LogP contribution in [0, 0.1) is 11.8 Å². The fourth-order valence-electron chi connectivity index (χ4n) is 4.54. The van der Waals surface area contributed by atoms with E-state index >= 15 is 0 Å². The van der Waals surface area contributed by atoms with E-state index in [2.05, 4.69) is 10.2 Å². The second-order valence-electron chi connectivity index (χ2n) is 8.47. The Morgan fingerprint density at radius 3 is 2.43 bits per heavy atom. The van der Waals surface area contributed by atoms with E-state index < -0.39 is 0 Å². The Morgan fingerprint density at radius 1 is 1.04 bits per heavy atom. The molecule has 0 bridgehead atoms. The van der Waals surface area contributed by atoms with Gasteiger partial charge in [0.15, 0.2) is 0 Å². The van der Waals surface area contributed by atoms with Gasteiger partial charge < -0.3 is 10.2 Å². The van der Waals surface area contributed by atoms with Crippen LogP contribution in [0.5, 0.6) is 0 Å². The number of hydrogen-bond donors (Lipinski definition) is 1. The van der Waals surface area contributed by atoms with E-state index in [1.165, 1.54) is 43.5 Å². The Kier molecular flexibility index (Phi) is 8.34. The molecule has 2 fully saturated rings. The second kappa shape index (κ2) is 11.2. The van der Waals surface area contributed by atoms with Gasteiger partial charge in [-0.15, -0.1) is 0 Å². The first kappa shape index (κ1) is 20.8. The van der Waals surface area contributed by atoms with E-state index in [4.69, 9.17) is 0 Å². The Morgan fingerprint density at radius 2 is 1.75 bits per heavy atom. The van der Waals surface area contributed by atoms with Crippen LogP contribution in [0.4, 0.5) is 4.79 Å². The number of carbonyl (C=O) groups is 2. The van der Waals surface area contributed by atoms with Gasteiger partial charge in [-0.25, -0.2) is 4.79 Å². The maximum absolute atomic E-state index is 12.3. The Labute approximate surface area is 169 Å². The van der Waals surface area contributed by atoms with E-state index in [1.54, 1.807) is 0 Å². The highest BCUT2D eigenvalue weighted by molar-refractivity contribution is 5.84. The van der Waals surface area contributed by atoms with Gasteiger partial charge >= 0.3 is 6.03 Å². The number of urea groups is 1. The maximum atomic E-state index is 12.3. The van der Waals surface area contributed by atoms with Crippen molar-refractivity contribution in [2.75, 3.05) is 32.7 Å². The highest BCUT2D eigenvalue weighted by Gasteiger charge is 2.23. The third kappa shape index (κ3) is 6.62. The van der Waals surface area contributed by atoms with Gasteiger partial charge in [-0.2, -0.15) is 0 Å². The summed E-state index contributed by atoms with van der Waals surface area (Å²) in [7, 11) is 0.